The van der Waals surface area contributed by atoms with Gasteiger partial charge >= 0.3 is 11.9 Å². The number of halogens is 3. The summed E-state index contributed by atoms with van der Waals surface area (Å²) >= 11 is 0. The van der Waals surface area contributed by atoms with Crippen LogP contribution in [-0.4, -0.2) is 21.0 Å². The molecule has 0 saturated heterocycles. The third-order valence-corrected chi connectivity index (χ3v) is 2.67. The Morgan fingerprint density at radius 2 is 2.09 bits per heavy atom. The molecule has 1 aromatic heterocycles. The van der Waals surface area contributed by atoms with Crippen molar-refractivity contribution < 1.29 is 22.9 Å². The highest BCUT2D eigenvalue weighted by molar-refractivity contribution is 6.06. The number of amides is 1. The molecule has 22 heavy (non-hydrogen) atoms. The molecule has 0 radical (unpaired) electrons. The van der Waals surface area contributed by atoms with Crippen molar-refractivity contribution in [2.45, 2.75) is 6.18 Å². The van der Waals surface area contributed by atoms with Gasteiger partial charge in [0.2, 0.25) is 5.69 Å². The second-order valence-electron chi connectivity index (χ2n) is 4.14. The normalized spacial score (nSPS) is 11.2. The van der Waals surface area contributed by atoms with Gasteiger partial charge in [0.05, 0.1) is 21.9 Å². The van der Waals surface area contributed by atoms with Crippen molar-refractivity contribution >= 4 is 23.0 Å². The minimum absolute atomic E-state index is 0.109. The van der Waals surface area contributed by atoms with Crippen molar-refractivity contribution in [2.24, 2.45) is 0 Å². The first-order valence-corrected chi connectivity index (χ1v) is 5.66. The number of hydrogen-bond acceptors (Lipinski definition) is 5. The molecule has 0 aliphatic carbocycles. The Hall–Kier alpha value is -3.11. The van der Waals surface area contributed by atoms with Crippen LogP contribution in [0.5, 0.6) is 0 Å². The first-order valence-electron chi connectivity index (χ1n) is 5.66. The van der Waals surface area contributed by atoms with Gasteiger partial charge in [-0.2, -0.15) is 18.3 Å². The Kier molecular flexibility index (Phi) is 3.72. The van der Waals surface area contributed by atoms with Crippen LogP contribution >= 0.6 is 0 Å². The molecule has 8 nitrogen and oxygen atoms in total. The number of carbonyl (C=O) groups is 1. The molecule has 1 amide bonds. The summed E-state index contributed by atoms with van der Waals surface area (Å²) in [4.78, 5) is 21.7. The molecule has 0 unspecified atom stereocenters. The number of H-pyrrole nitrogens is 1. The number of nitro groups is 1. The zero-order valence-corrected chi connectivity index (χ0v) is 10.6. The van der Waals surface area contributed by atoms with Crippen LogP contribution in [0, 0.1) is 10.1 Å². The third kappa shape index (κ3) is 2.97. The summed E-state index contributed by atoms with van der Waals surface area (Å²) in [5.41, 5.74) is 3.02. The molecule has 1 aromatic carbocycles. The van der Waals surface area contributed by atoms with E-state index in [2.05, 4.69) is 15.5 Å². The van der Waals surface area contributed by atoms with Crippen LogP contribution in [0.1, 0.15) is 16.1 Å². The molecule has 1 heterocycles. The molecule has 0 atom stereocenters. The zero-order valence-electron chi connectivity index (χ0n) is 10.6. The van der Waals surface area contributed by atoms with Gasteiger partial charge in [-0.05, 0) is 18.2 Å². The lowest BCUT2D eigenvalue weighted by molar-refractivity contribution is -0.385. The second-order valence-corrected chi connectivity index (χ2v) is 4.14. The number of carbonyl (C=O) groups excluding carboxylic acids is 1. The van der Waals surface area contributed by atoms with Crippen molar-refractivity contribution in [1.82, 2.24) is 10.2 Å². The van der Waals surface area contributed by atoms with Gasteiger partial charge in [0.25, 0.3) is 5.91 Å². The van der Waals surface area contributed by atoms with Gasteiger partial charge in [-0.25, -0.2) is 0 Å². The van der Waals surface area contributed by atoms with E-state index in [0.29, 0.717) is 6.07 Å². The predicted molar refractivity (Wildman–Crippen MR) is 69.1 cm³/mol. The summed E-state index contributed by atoms with van der Waals surface area (Å²) in [6.45, 7) is 0. The topological polar surface area (TPSA) is 127 Å². The van der Waals surface area contributed by atoms with Gasteiger partial charge in [-0.3, -0.25) is 20.0 Å². The quantitative estimate of drug-likeness (QED) is 0.454. The van der Waals surface area contributed by atoms with Crippen LogP contribution in [0.15, 0.2) is 24.4 Å². The summed E-state index contributed by atoms with van der Waals surface area (Å²) in [5.74, 6) is -0.948. The van der Waals surface area contributed by atoms with E-state index >= 15 is 0 Å². The standard InChI is InChI=1S/C11H8F3N5O3/c12-11(13,14)5-1-2-7(6(15)3-5)17-10(20)9-8(19(21)22)4-16-18-9/h1-4H,15H2,(H,16,18)(H,17,20). The number of hydrogen-bond donors (Lipinski definition) is 3. The molecular formula is C11H8F3N5O3. The first kappa shape index (κ1) is 15.3. The summed E-state index contributed by atoms with van der Waals surface area (Å²) in [5, 5.41) is 18.4. The van der Waals surface area contributed by atoms with Crippen molar-refractivity contribution in [3.63, 3.8) is 0 Å². The van der Waals surface area contributed by atoms with Crippen molar-refractivity contribution in [1.29, 1.82) is 0 Å². The van der Waals surface area contributed by atoms with Crippen LogP contribution in [0.4, 0.5) is 30.2 Å². The van der Waals surface area contributed by atoms with Crippen LogP contribution in [0.2, 0.25) is 0 Å². The minimum atomic E-state index is -4.57. The average Bonchev–Trinajstić information content (AvgIpc) is 2.89. The van der Waals surface area contributed by atoms with E-state index in [1.807, 2.05) is 0 Å². The van der Waals surface area contributed by atoms with Gasteiger partial charge in [0.15, 0.2) is 0 Å². The van der Waals surface area contributed by atoms with Gasteiger partial charge in [0, 0.05) is 0 Å². The Bertz CT molecular complexity index is 741. The van der Waals surface area contributed by atoms with Crippen LogP contribution in [0.25, 0.3) is 0 Å². The zero-order chi connectivity index (χ0) is 16.5. The molecule has 0 saturated carbocycles. The molecule has 0 fully saturated rings. The number of nitrogens with zero attached hydrogens (tertiary/aromatic N) is 2. The number of anilines is 2. The summed E-state index contributed by atoms with van der Waals surface area (Å²) in [6.07, 6.45) is -3.73. The van der Waals surface area contributed by atoms with Crippen LogP contribution in [0.3, 0.4) is 0 Å². The molecule has 116 valence electrons. The first-order chi connectivity index (χ1) is 10.2. The predicted octanol–water partition coefficient (Wildman–Crippen LogP) is 2.17. The third-order valence-electron chi connectivity index (χ3n) is 2.67. The number of aromatic nitrogens is 2. The number of nitrogens with one attached hydrogen (secondary N) is 2. The lowest BCUT2D eigenvalue weighted by atomic mass is 10.1. The maximum Gasteiger partial charge on any atom is 0.416 e. The van der Waals surface area contributed by atoms with Crippen LogP contribution < -0.4 is 11.1 Å². The lowest BCUT2D eigenvalue weighted by Crippen LogP contribution is -2.16. The second kappa shape index (κ2) is 5.35. The van der Waals surface area contributed by atoms with Crippen molar-refractivity contribution in [2.75, 3.05) is 11.1 Å². The molecule has 2 rings (SSSR count). The Morgan fingerprint density at radius 3 is 2.64 bits per heavy atom. The maximum atomic E-state index is 12.5. The Morgan fingerprint density at radius 1 is 1.41 bits per heavy atom. The van der Waals surface area contributed by atoms with Crippen molar-refractivity contribution in [3.8, 4) is 0 Å². The summed E-state index contributed by atoms with van der Waals surface area (Å²) < 4.78 is 37.5. The molecule has 2 aromatic rings. The largest absolute Gasteiger partial charge is 0.416 e. The van der Waals surface area contributed by atoms with E-state index in [4.69, 9.17) is 5.73 Å². The Labute approximate surface area is 120 Å². The van der Waals surface area contributed by atoms with E-state index in [9.17, 15) is 28.1 Å². The molecule has 11 heteroatoms. The van der Waals surface area contributed by atoms with Gasteiger partial charge in [-0.15, -0.1) is 0 Å². The number of nitrogens with two attached hydrogens (primary N) is 1. The highest BCUT2D eigenvalue weighted by Gasteiger charge is 2.31. The molecule has 0 aliphatic rings. The monoisotopic (exact) mass is 315 g/mol. The molecular weight excluding hydrogens is 307 g/mol. The number of nitrogen functional groups attached to an aromatic ring is 1. The molecule has 4 N–H and O–H groups in total. The lowest BCUT2D eigenvalue weighted by Gasteiger charge is -2.11. The number of benzene rings is 1. The number of alkyl halides is 3. The van der Waals surface area contributed by atoms with Gasteiger partial charge < -0.3 is 11.1 Å². The Balaban J connectivity index is 2.26. The maximum absolute atomic E-state index is 12.5. The fraction of sp³-hybridized carbons (Fsp3) is 0.0909. The summed E-state index contributed by atoms with van der Waals surface area (Å²) in [7, 11) is 0. The highest BCUT2D eigenvalue weighted by Crippen LogP contribution is 2.33. The van der Waals surface area contributed by atoms with Gasteiger partial charge in [0.1, 0.15) is 6.20 Å². The minimum Gasteiger partial charge on any atom is -0.397 e. The molecule has 0 bridgehead atoms. The molecule has 0 aliphatic heterocycles. The average molecular weight is 315 g/mol. The van der Waals surface area contributed by atoms with E-state index in [-0.39, 0.29) is 11.4 Å². The molecule has 0 spiro atoms. The van der Waals surface area contributed by atoms with E-state index in [1.165, 1.54) is 0 Å². The van der Waals surface area contributed by atoms with Crippen molar-refractivity contribution in [3.05, 3.63) is 45.8 Å². The SMILES string of the molecule is Nc1cc(C(F)(F)F)ccc1NC(=O)c1[nH]ncc1[N+](=O)[O-]. The van der Waals surface area contributed by atoms with E-state index in [0.717, 1.165) is 18.3 Å². The smallest absolute Gasteiger partial charge is 0.397 e. The van der Waals surface area contributed by atoms with E-state index in [1.54, 1.807) is 0 Å². The number of aromatic amines is 1. The van der Waals surface area contributed by atoms with Gasteiger partial charge in [-0.1, -0.05) is 0 Å². The fourth-order valence-electron chi connectivity index (χ4n) is 1.62. The summed E-state index contributed by atoms with van der Waals surface area (Å²) in [6, 6.07) is 2.34. The fourth-order valence-corrected chi connectivity index (χ4v) is 1.62. The van der Waals surface area contributed by atoms with Crippen LogP contribution in [-0.2, 0) is 6.18 Å². The highest BCUT2D eigenvalue weighted by atomic mass is 19.4. The number of rotatable bonds is 3. The van der Waals surface area contributed by atoms with E-state index < -0.39 is 34.0 Å².